The van der Waals surface area contributed by atoms with E-state index in [1.165, 1.54) is 12.1 Å². The van der Waals surface area contributed by atoms with Gasteiger partial charge < -0.3 is 15.3 Å². The summed E-state index contributed by atoms with van der Waals surface area (Å²) in [5.41, 5.74) is 0.736. The van der Waals surface area contributed by atoms with Crippen molar-refractivity contribution in [2.24, 2.45) is 0 Å². The van der Waals surface area contributed by atoms with Crippen molar-refractivity contribution in [2.45, 2.75) is 39.2 Å². The van der Waals surface area contributed by atoms with Crippen LogP contribution in [-0.2, 0) is 6.54 Å². The molecule has 1 aliphatic heterocycles. The number of phenols is 2. The predicted molar refractivity (Wildman–Crippen MR) is 97.0 cm³/mol. The number of carbonyl (C=O) groups is 1. The molecule has 25 heavy (non-hydrogen) atoms. The highest BCUT2D eigenvalue weighted by Gasteiger charge is 2.22. The summed E-state index contributed by atoms with van der Waals surface area (Å²) in [4.78, 5) is 16.7. The van der Waals surface area contributed by atoms with Gasteiger partial charge in [0.15, 0.2) is 5.78 Å². The van der Waals surface area contributed by atoms with E-state index < -0.39 is 0 Å². The Morgan fingerprint density at radius 1 is 1.08 bits per heavy atom. The fourth-order valence-electron chi connectivity index (χ4n) is 3.21. The Balaban J connectivity index is 2.03. The van der Waals surface area contributed by atoms with Crippen LogP contribution in [-0.4, -0.2) is 70.2 Å². The van der Waals surface area contributed by atoms with Crippen LogP contribution in [0.4, 0.5) is 0 Å². The van der Waals surface area contributed by atoms with Crippen molar-refractivity contribution in [1.82, 2.24) is 9.80 Å². The minimum absolute atomic E-state index is 0.0281. The van der Waals surface area contributed by atoms with E-state index in [9.17, 15) is 15.0 Å². The Hall–Kier alpha value is -1.63. The van der Waals surface area contributed by atoms with Gasteiger partial charge in [-0.2, -0.15) is 0 Å². The molecular formula is C19H30N2O4. The lowest BCUT2D eigenvalue weighted by Gasteiger charge is -2.34. The first-order valence-corrected chi connectivity index (χ1v) is 9.19. The number of benzene rings is 1. The minimum atomic E-state index is -0.0840. The summed E-state index contributed by atoms with van der Waals surface area (Å²) in [6.07, 6.45) is 3.28. The first-order valence-electron chi connectivity index (χ1n) is 9.19. The van der Waals surface area contributed by atoms with Crippen LogP contribution in [0.3, 0.4) is 0 Å². The molecule has 1 fully saturated rings. The number of Topliss-reactive ketones (excluding diaryl/α,β-unsaturated/α-hetero) is 1. The van der Waals surface area contributed by atoms with E-state index in [2.05, 4.69) is 16.7 Å². The van der Waals surface area contributed by atoms with Crippen LogP contribution >= 0.6 is 0 Å². The summed E-state index contributed by atoms with van der Waals surface area (Å²) in [7, 11) is 0. The zero-order valence-corrected chi connectivity index (χ0v) is 15.1. The van der Waals surface area contributed by atoms with Crippen LogP contribution < -0.4 is 0 Å². The Kier molecular flexibility index (Phi) is 7.68. The number of piperazine rings is 1. The van der Waals surface area contributed by atoms with Crippen molar-refractivity contribution < 1.29 is 20.1 Å². The Morgan fingerprint density at radius 2 is 1.76 bits per heavy atom. The van der Waals surface area contributed by atoms with Crippen LogP contribution in [0, 0.1) is 0 Å². The number of ketones is 1. The minimum Gasteiger partial charge on any atom is -0.507 e. The lowest BCUT2D eigenvalue weighted by molar-refractivity contribution is 0.0975. The normalized spacial score (nSPS) is 16.2. The third-order valence-electron chi connectivity index (χ3n) is 4.83. The fourth-order valence-corrected chi connectivity index (χ4v) is 3.21. The van der Waals surface area contributed by atoms with Crippen molar-refractivity contribution in [2.75, 3.05) is 39.3 Å². The summed E-state index contributed by atoms with van der Waals surface area (Å²) >= 11 is 0. The van der Waals surface area contributed by atoms with Gasteiger partial charge >= 0.3 is 0 Å². The summed E-state index contributed by atoms with van der Waals surface area (Å²) in [6, 6.07) is 3.02. The molecule has 0 aliphatic carbocycles. The van der Waals surface area contributed by atoms with Gasteiger partial charge in [0.25, 0.3) is 0 Å². The van der Waals surface area contributed by atoms with Crippen LogP contribution in [0.25, 0.3) is 0 Å². The molecule has 1 aliphatic rings. The standard InChI is InChI=1S/C19H30N2O4/c1-2-3-4-5-17(23)15-6-7-18(24)16(19(15)25)14-21-10-8-20(9-11-21)12-13-22/h6-7,22,24-25H,2-5,8-14H2,1H3. The highest BCUT2D eigenvalue weighted by molar-refractivity contribution is 5.99. The molecule has 6 nitrogen and oxygen atoms in total. The number of nitrogens with zero attached hydrogens (tertiary/aromatic N) is 2. The van der Waals surface area contributed by atoms with Gasteiger partial charge in [-0.3, -0.25) is 14.6 Å². The third-order valence-corrected chi connectivity index (χ3v) is 4.83. The zero-order chi connectivity index (χ0) is 18.2. The number of unbranched alkanes of at least 4 members (excludes halogenated alkanes) is 2. The van der Waals surface area contributed by atoms with Gasteiger partial charge in [0.2, 0.25) is 0 Å². The topological polar surface area (TPSA) is 84.2 Å². The maximum Gasteiger partial charge on any atom is 0.166 e. The van der Waals surface area contributed by atoms with E-state index in [-0.39, 0.29) is 23.9 Å². The molecule has 1 heterocycles. The number of hydrogen-bond acceptors (Lipinski definition) is 6. The number of aliphatic hydroxyl groups is 1. The molecule has 1 aromatic rings. The van der Waals surface area contributed by atoms with Gasteiger partial charge in [-0.05, 0) is 18.6 Å². The Morgan fingerprint density at radius 3 is 2.40 bits per heavy atom. The number of aliphatic hydroxyl groups excluding tert-OH is 1. The zero-order valence-electron chi connectivity index (χ0n) is 15.1. The first-order chi connectivity index (χ1) is 12.1. The number of β-amino-alcohol motifs (C(OH)–C–C–N with tert-alkyl or cyclic N) is 1. The predicted octanol–water partition coefficient (Wildman–Crippen LogP) is 1.97. The highest BCUT2D eigenvalue weighted by atomic mass is 16.3. The lowest BCUT2D eigenvalue weighted by Crippen LogP contribution is -2.46. The lowest BCUT2D eigenvalue weighted by atomic mass is 10.00. The molecule has 0 unspecified atom stereocenters. The SMILES string of the molecule is CCCCCC(=O)c1ccc(O)c(CN2CCN(CCO)CC2)c1O. The average Bonchev–Trinajstić information content (AvgIpc) is 2.60. The van der Waals surface area contributed by atoms with E-state index in [4.69, 9.17) is 5.11 Å². The van der Waals surface area contributed by atoms with Gasteiger partial charge in [0, 0.05) is 45.7 Å². The smallest absolute Gasteiger partial charge is 0.166 e. The van der Waals surface area contributed by atoms with Gasteiger partial charge in [0.1, 0.15) is 11.5 Å². The van der Waals surface area contributed by atoms with Crippen molar-refractivity contribution in [1.29, 1.82) is 0 Å². The molecule has 1 aromatic carbocycles. The molecule has 0 saturated carbocycles. The highest BCUT2D eigenvalue weighted by Crippen LogP contribution is 2.33. The van der Waals surface area contributed by atoms with Gasteiger partial charge in [-0.1, -0.05) is 19.8 Å². The molecule has 0 amide bonds. The fraction of sp³-hybridized carbons (Fsp3) is 0.632. The van der Waals surface area contributed by atoms with Crippen molar-refractivity contribution >= 4 is 5.78 Å². The molecule has 0 bridgehead atoms. The monoisotopic (exact) mass is 350 g/mol. The van der Waals surface area contributed by atoms with E-state index in [1.54, 1.807) is 0 Å². The van der Waals surface area contributed by atoms with E-state index in [0.717, 1.165) is 45.4 Å². The summed E-state index contributed by atoms with van der Waals surface area (Å²) in [5, 5.41) is 29.6. The molecular weight excluding hydrogens is 320 g/mol. The molecule has 3 N–H and O–H groups in total. The van der Waals surface area contributed by atoms with E-state index in [0.29, 0.717) is 30.6 Å². The maximum absolute atomic E-state index is 12.3. The van der Waals surface area contributed by atoms with Crippen LogP contribution in [0.2, 0.25) is 0 Å². The summed E-state index contributed by atoms with van der Waals surface area (Å²) < 4.78 is 0. The molecule has 0 aromatic heterocycles. The average molecular weight is 350 g/mol. The molecule has 1 saturated heterocycles. The van der Waals surface area contributed by atoms with Gasteiger partial charge in [-0.25, -0.2) is 0 Å². The molecule has 0 radical (unpaired) electrons. The third kappa shape index (κ3) is 5.42. The van der Waals surface area contributed by atoms with Crippen molar-refractivity contribution in [3.05, 3.63) is 23.3 Å². The molecule has 0 atom stereocenters. The van der Waals surface area contributed by atoms with Gasteiger partial charge in [-0.15, -0.1) is 0 Å². The molecule has 6 heteroatoms. The van der Waals surface area contributed by atoms with Gasteiger partial charge in [0.05, 0.1) is 17.7 Å². The number of phenolic OH excluding ortho intramolecular Hbond substituents is 2. The summed E-state index contributed by atoms with van der Waals surface area (Å²) in [5.74, 6) is -0.125. The first kappa shape index (κ1) is 19.7. The number of carbonyl (C=O) groups excluding carboxylic acids is 1. The van der Waals surface area contributed by atoms with E-state index in [1.807, 2.05) is 0 Å². The second-order valence-corrected chi connectivity index (χ2v) is 6.68. The molecule has 2 rings (SSSR count). The quantitative estimate of drug-likeness (QED) is 0.466. The van der Waals surface area contributed by atoms with Crippen LogP contribution in [0.15, 0.2) is 12.1 Å². The second-order valence-electron chi connectivity index (χ2n) is 6.68. The van der Waals surface area contributed by atoms with Crippen molar-refractivity contribution in [3.8, 4) is 11.5 Å². The number of hydrogen-bond donors (Lipinski definition) is 3. The van der Waals surface area contributed by atoms with Crippen LogP contribution in [0.1, 0.15) is 48.5 Å². The number of rotatable bonds is 9. The Labute approximate surface area is 149 Å². The maximum atomic E-state index is 12.3. The van der Waals surface area contributed by atoms with Crippen LogP contribution in [0.5, 0.6) is 11.5 Å². The van der Waals surface area contributed by atoms with Crippen molar-refractivity contribution in [3.63, 3.8) is 0 Å². The van der Waals surface area contributed by atoms with E-state index >= 15 is 0 Å². The molecule has 140 valence electrons. The largest absolute Gasteiger partial charge is 0.507 e. The number of aromatic hydroxyl groups is 2. The second kappa shape index (κ2) is 9.75. The molecule has 0 spiro atoms. The summed E-state index contributed by atoms with van der Waals surface area (Å²) in [6.45, 7) is 6.62. The Bertz CT molecular complexity index is 569.